The van der Waals surface area contributed by atoms with E-state index in [4.69, 9.17) is 0 Å². The number of rotatable bonds is 2. The zero-order valence-electron chi connectivity index (χ0n) is 7.60. The van der Waals surface area contributed by atoms with Crippen molar-refractivity contribution in [2.75, 3.05) is 3.93 Å². The van der Waals surface area contributed by atoms with Gasteiger partial charge in [-0.2, -0.15) is 0 Å². The SMILES string of the molecule is BrN(c1ccccc1)c1ccccc1. The Balaban J connectivity index is 2.30. The minimum absolute atomic E-state index is 1.12. The molecule has 0 aliphatic carbocycles. The van der Waals surface area contributed by atoms with E-state index in [1.54, 1.807) is 0 Å². The van der Waals surface area contributed by atoms with Crippen LogP contribution in [0.5, 0.6) is 0 Å². The van der Waals surface area contributed by atoms with Crippen molar-refractivity contribution in [3.63, 3.8) is 0 Å². The van der Waals surface area contributed by atoms with E-state index in [1.807, 2.05) is 40.3 Å². The van der Waals surface area contributed by atoms with Crippen LogP contribution >= 0.6 is 16.1 Å². The molecule has 0 aromatic heterocycles. The maximum atomic E-state index is 3.53. The van der Waals surface area contributed by atoms with Crippen molar-refractivity contribution in [3.8, 4) is 0 Å². The van der Waals surface area contributed by atoms with Gasteiger partial charge in [-0.1, -0.05) is 36.4 Å². The molecule has 0 bridgehead atoms. The Morgan fingerprint density at radius 2 is 1.00 bits per heavy atom. The Hall–Kier alpha value is -1.28. The van der Waals surface area contributed by atoms with E-state index in [1.165, 1.54) is 0 Å². The molecule has 0 heterocycles. The van der Waals surface area contributed by atoms with Crippen LogP contribution in [-0.4, -0.2) is 0 Å². The predicted octanol–water partition coefficient (Wildman–Crippen LogP) is 4.13. The van der Waals surface area contributed by atoms with Gasteiger partial charge in [-0.15, -0.1) is 0 Å². The number of para-hydroxylation sites is 2. The zero-order valence-corrected chi connectivity index (χ0v) is 9.18. The number of hydrogen-bond acceptors (Lipinski definition) is 1. The molecule has 0 saturated heterocycles. The van der Waals surface area contributed by atoms with Gasteiger partial charge < -0.3 is 0 Å². The maximum Gasteiger partial charge on any atom is 0.0551 e. The molecule has 0 aliphatic rings. The Bertz CT molecular complexity index is 346. The predicted molar refractivity (Wildman–Crippen MR) is 64.0 cm³/mol. The van der Waals surface area contributed by atoms with Gasteiger partial charge in [0.2, 0.25) is 0 Å². The van der Waals surface area contributed by atoms with Gasteiger partial charge >= 0.3 is 0 Å². The Morgan fingerprint density at radius 1 is 0.643 bits per heavy atom. The zero-order chi connectivity index (χ0) is 9.80. The smallest absolute Gasteiger partial charge is 0.0551 e. The van der Waals surface area contributed by atoms with E-state index in [-0.39, 0.29) is 0 Å². The third-order valence-electron chi connectivity index (χ3n) is 1.97. The van der Waals surface area contributed by atoms with Crippen molar-refractivity contribution in [3.05, 3.63) is 60.7 Å². The molecule has 0 amide bonds. The van der Waals surface area contributed by atoms with Gasteiger partial charge in [0.25, 0.3) is 0 Å². The highest BCUT2D eigenvalue weighted by atomic mass is 79.9. The van der Waals surface area contributed by atoms with Crippen LogP contribution in [0.25, 0.3) is 0 Å². The second-order valence-corrected chi connectivity index (χ2v) is 3.66. The molecule has 2 aromatic rings. The van der Waals surface area contributed by atoms with Gasteiger partial charge in [0.15, 0.2) is 0 Å². The van der Waals surface area contributed by atoms with E-state index in [0.29, 0.717) is 0 Å². The first-order valence-electron chi connectivity index (χ1n) is 4.44. The molecular weight excluding hydrogens is 238 g/mol. The molecule has 0 atom stereocenters. The second-order valence-electron chi connectivity index (χ2n) is 2.95. The molecule has 0 unspecified atom stereocenters. The summed E-state index contributed by atoms with van der Waals surface area (Å²) in [6.07, 6.45) is 0. The highest BCUT2D eigenvalue weighted by Crippen LogP contribution is 2.27. The van der Waals surface area contributed by atoms with Crippen LogP contribution in [0, 0.1) is 0 Å². The molecule has 0 spiro atoms. The summed E-state index contributed by atoms with van der Waals surface area (Å²) >= 11 is 3.53. The quantitative estimate of drug-likeness (QED) is 0.722. The number of halogens is 1. The molecule has 2 aromatic carbocycles. The first kappa shape index (κ1) is 9.28. The monoisotopic (exact) mass is 247 g/mol. The maximum absolute atomic E-state index is 3.53. The molecule has 0 radical (unpaired) electrons. The standard InChI is InChI=1S/C12H10BrN/c13-14(11-7-3-1-4-8-11)12-9-5-2-6-10-12/h1-10H. The lowest BCUT2D eigenvalue weighted by atomic mass is 10.3. The van der Waals surface area contributed by atoms with Crippen LogP contribution in [0.2, 0.25) is 0 Å². The van der Waals surface area contributed by atoms with Gasteiger partial charge in [0.05, 0.1) is 27.5 Å². The summed E-state index contributed by atoms with van der Waals surface area (Å²) < 4.78 is 1.98. The Kier molecular flexibility index (Phi) is 2.84. The number of benzene rings is 2. The Morgan fingerprint density at radius 3 is 1.36 bits per heavy atom. The lowest BCUT2D eigenvalue weighted by molar-refractivity contribution is 1.45. The van der Waals surface area contributed by atoms with Crippen molar-refractivity contribution >= 4 is 27.5 Å². The molecule has 0 N–H and O–H groups in total. The lowest BCUT2D eigenvalue weighted by Crippen LogP contribution is -1.99. The summed E-state index contributed by atoms with van der Waals surface area (Å²) in [5.41, 5.74) is 2.25. The van der Waals surface area contributed by atoms with Crippen LogP contribution < -0.4 is 3.93 Å². The van der Waals surface area contributed by atoms with Crippen molar-refractivity contribution < 1.29 is 0 Å². The largest absolute Gasteiger partial charge is 0.277 e. The first-order chi connectivity index (χ1) is 6.88. The summed E-state index contributed by atoms with van der Waals surface area (Å²) in [6.45, 7) is 0. The van der Waals surface area contributed by atoms with E-state index in [2.05, 4.69) is 40.4 Å². The summed E-state index contributed by atoms with van der Waals surface area (Å²) in [4.78, 5) is 0. The topological polar surface area (TPSA) is 3.24 Å². The van der Waals surface area contributed by atoms with Gasteiger partial charge in [0.1, 0.15) is 0 Å². The average molecular weight is 248 g/mol. The second kappa shape index (κ2) is 4.29. The first-order valence-corrected chi connectivity index (χ1v) is 5.15. The average Bonchev–Trinajstić information content (AvgIpc) is 2.30. The highest BCUT2D eigenvalue weighted by Gasteiger charge is 2.02. The molecule has 14 heavy (non-hydrogen) atoms. The fourth-order valence-corrected chi connectivity index (χ4v) is 1.74. The van der Waals surface area contributed by atoms with Gasteiger partial charge in [-0.05, 0) is 24.3 Å². The summed E-state index contributed by atoms with van der Waals surface area (Å²) in [6, 6.07) is 20.3. The number of anilines is 2. The molecule has 0 aliphatic heterocycles. The van der Waals surface area contributed by atoms with Crippen molar-refractivity contribution in [2.24, 2.45) is 0 Å². The fourth-order valence-electron chi connectivity index (χ4n) is 1.27. The normalized spacial score (nSPS) is 9.79. The van der Waals surface area contributed by atoms with Crippen LogP contribution in [-0.2, 0) is 0 Å². The third-order valence-corrected chi connectivity index (χ3v) is 2.78. The number of nitrogens with zero attached hydrogens (tertiary/aromatic N) is 1. The van der Waals surface area contributed by atoms with E-state index in [0.717, 1.165) is 11.4 Å². The summed E-state index contributed by atoms with van der Waals surface area (Å²) in [5.74, 6) is 0. The molecule has 2 rings (SSSR count). The molecule has 70 valence electrons. The van der Waals surface area contributed by atoms with Crippen molar-refractivity contribution in [1.29, 1.82) is 0 Å². The third kappa shape index (κ3) is 1.96. The van der Waals surface area contributed by atoms with Crippen LogP contribution in [0.3, 0.4) is 0 Å². The molecule has 0 fully saturated rings. The fraction of sp³-hybridized carbons (Fsp3) is 0. The van der Waals surface area contributed by atoms with Crippen molar-refractivity contribution in [2.45, 2.75) is 0 Å². The molecule has 2 heteroatoms. The van der Waals surface area contributed by atoms with Crippen molar-refractivity contribution in [1.82, 2.24) is 0 Å². The Labute approximate surface area is 92.3 Å². The lowest BCUT2D eigenvalue weighted by Gasteiger charge is -2.15. The molecule has 0 saturated carbocycles. The summed E-state index contributed by atoms with van der Waals surface area (Å²) in [7, 11) is 0. The van der Waals surface area contributed by atoms with Crippen LogP contribution in [0.4, 0.5) is 11.4 Å². The van der Waals surface area contributed by atoms with Gasteiger partial charge in [-0.25, -0.2) is 0 Å². The molecular formula is C12H10BrN. The van der Waals surface area contributed by atoms with Gasteiger partial charge in [-0.3, -0.25) is 3.93 Å². The minimum Gasteiger partial charge on any atom is -0.277 e. The van der Waals surface area contributed by atoms with Crippen LogP contribution in [0.15, 0.2) is 60.7 Å². The number of hydrogen-bond donors (Lipinski definition) is 0. The van der Waals surface area contributed by atoms with Crippen LogP contribution in [0.1, 0.15) is 0 Å². The molecule has 1 nitrogen and oxygen atoms in total. The van der Waals surface area contributed by atoms with E-state index < -0.39 is 0 Å². The van der Waals surface area contributed by atoms with Gasteiger partial charge in [0, 0.05) is 0 Å². The van der Waals surface area contributed by atoms with E-state index >= 15 is 0 Å². The minimum atomic E-state index is 1.12. The highest BCUT2D eigenvalue weighted by molar-refractivity contribution is 9.10. The summed E-state index contributed by atoms with van der Waals surface area (Å²) in [5, 5.41) is 0. The van der Waals surface area contributed by atoms with E-state index in [9.17, 15) is 0 Å².